The van der Waals surface area contributed by atoms with Crippen LogP contribution < -0.4 is 5.32 Å². The zero-order chi connectivity index (χ0) is 14.2. The van der Waals surface area contributed by atoms with Crippen LogP contribution in [0.2, 0.25) is 0 Å². The molecule has 0 unspecified atom stereocenters. The van der Waals surface area contributed by atoms with Gasteiger partial charge in [0.1, 0.15) is 11.5 Å². The summed E-state index contributed by atoms with van der Waals surface area (Å²) in [6.45, 7) is 2.75. The number of hydrogen-bond acceptors (Lipinski definition) is 3. The van der Waals surface area contributed by atoms with Gasteiger partial charge in [-0.15, -0.1) is 0 Å². The summed E-state index contributed by atoms with van der Waals surface area (Å²) in [6, 6.07) is 0.181. The van der Waals surface area contributed by atoms with Gasteiger partial charge in [-0.3, -0.25) is 0 Å². The van der Waals surface area contributed by atoms with Gasteiger partial charge in [-0.2, -0.15) is 0 Å². The molecule has 5 heteroatoms. The molecule has 1 aromatic rings. The molecular formula is C15H22F2N2O. The fourth-order valence-electron chi connectivity index (χ4n) is 3.03. The molecule has 3 nitrogen and oxygen atoms in total. The second-order valence-corrected chi connectivity index (χ2v) is 6.11. The molecule has 2 fully saturated rings. The van der Waals surface area contributed by atoms with E-state index in [4.69, 9.17) is 4.52 Å². The summed E-state index contributed by atoms with van der Waals surface area (Å²) in [4.78, 5) is 0. The molecule has 20 heavy (non-hydrogen) atoms. The molecule has 0 saturated heterocycles. The second-order valence-electron chi connectivity index (χ2n) is 6.11. The number of alkyl halides is 2. The maximum absolute atomic E-state index is 13.1. The smallest absolute Gasteiger partial charge is 0.248 e. The van der Waals surface area contributed by atoms with Gasteiger partial charge >= 0.3 is 0 Å². The molecule has 0 aromatic carbocycles. The average Bonchev–Trinajstić information content (AvgIpc) is 3.18. The molecule has 0 atom stereocenters. The summed E-state index contributed by atoms with van der Waals surface area (Å²) in [7, 11) is 0. The first-order valence-corrected chi connectivity index (χ1v) is 7.67. The molecule has 3 rings (SSSR count). The van der Waals surface area contributed by atoms with Crippen molar-refractivity contribution in [2.24, 2.45) is 0 Å². The Kier molecular flexibility index (Phi) is 3.80. The number of nitrogens with one attached hydrogen (secondary N) is 1. The third-order valence-corrected chi connectivity index (χ3v) is 4.48. The van der Waals surface area contributed by atoms with Crippen LogP contribution in [-0.4, -0.2) is 17.1 Å². The van der Waals surface area contributed by atoms with Crippen LogP contribution >= 0.6 is 0 Å². The van der Waals surface area contributed by atoms with Crippen molar-refractivity contribution in [3.63, 3.8) is 0 Å². The van der Waals surface area contributed by atoms with E-state index in [0.717, 1.165) is 17.9 Å². The quantitative estimate of drug-likeness (QED) is 0.894. The maximum atomic E-state index is 13.1. The minimum Gasteiger partial charge on any atom is -0.361 e. The van der Waals surface area contributed by atoms with E-state index in [1.54, 1.807) is 0 Å². The Labute approximate surface area is 118 Å². The Morgan fingerprint density at radius 1 is 1.25 bits per heavy atom. The van der Waals surface area contributed by atoms with Crippen LogP contribution in [0.3, 0.4) is 0 Å². The lowest BCUT2D eigenvalue weighted by atomic mass is 9.92. The van der Waals surface area contributed by atoms with Crippen LogP contribution in [0.25, 0.3) is 0 Å². The highest BCUT2D eigenvalue weighted by molar-refractivity contribution is 5.28. The van der Waals surface area contributed by atoms with Gasteiger partial charge in [-0.05, 0) is 32.1 Å². The van der Waals surface area contributed by atoms with Crippen LogP contribution in [0.15, 0.2) is 4.52 Å². The van der Waals surface area contributed by atoms with Crippen LogP contribution in [0.5, 0.6) is 0 Å². The third-order valence-electron chi connectivity index (χ3n) is 4.48. The fourth-order valence-corrected chi connectivity index (χ4v) is 3.03. The highest BCUT2D eigenvalue weighted by Gasteiger charge is 2.35. The SMILES string of the molecule is CCc1c(CNC2CCC(F)(F)CC2)noc1C1CC1. The van der Waals surface area contributed by atoms with Gasteiger partial charge < -0.3 is 9.84 Å². The predicted molar refractivity (Wildman–Crippen MR) is 71.9 cm³/mol. The molecule has 1 aromatic heterocycles. The van der Waals surface area contributed by atoms with Gasteiger partial charge in [0.05, 0.1) is 0 Å². The zero-order valence-electron chi connectivity index (χ0n) is 11.9. The number of rotatable bonds is 5. The average molecular weight is 284 g/mol. The number of halogens is 2. The highest BCUT2D eigenvalue weighted by Crippen LogP contribution is 2.42. The summed E-state index contributed by atoms with van der Waals surface area (Å²) in [5, 5.41) is 7.54. The van der Waals surface area contributed by atoms with E-state index >= 15 is 0 Å². The topological polar surface area (TPSA) is 38.1 Å². The number of aromatic nitrogens is 1. The lowest BCUT2D eigenvalue weighted by molar-refractivity contribution is -0.0405. The molecule has 0 spiro atoms. The van der Waals surface area contributed by atoms with Crippen molar-refractivity contribution in [2.45, 2.75) is 76.3 Å². The molecule has 0 amide bonds. The Balaban J connectivity index is 1.56. The maximum Gasteiger partial charge on any atom is 0.248 e. The molecule has 2 aliphatic carbocycles. The van der Waals surface area contributed by atoms with E-state index in [2.05, 4.69) is 17.4 Å². The van der Waals surface area contributed by atoms with E-state index in [9.17, 15) is 8.78 Å². The molecule has 1 N–H and O–H groups in total. The van der Waals surface area contributed by atoms with E-state index < -0.39 is 5.92 Å². The first kappa shape index (κ1) is 14.0. The molecule has 112 valence electrons. The molecule has 2 aliphatic rings. The van der Waals surface area contributed by atoms with Crippen molar-refractivity contribution in [2.75, 3.05) is 0 Å². The second kappa shape index (κ2) is 5.43. The van der Waals surface area contributed by atoms with E-state index in [-0.39, 0.29) is 18.9 Å². The van der Waals surface area contributed by atoms with Gasteiger partial charge in [0.2, 0.25) is 5.92 Å². The fraction of sp³-hybridized carbons (Fsp3) is 0.800. The standard InChI is InChI=1S/C15H22F2N2O/c1-2-12-13(19-20-14(12)10-3-4-10)9-18-11-5-7-15(16,17)8-6-11/h10-11,18H,2-9H2,1H3. The van der Waals surface area contributed by atoms with Crippen molar-refractivity contribution < 1.29 is 13.3 Å². The summed E-state index contributed by atoms with van der Waals surface area (Å²) in [5.41, 5.74) is 2.19. The Morgan fingerprint density at radius 3 is 2.55 bits per heavy atom. The molecular weight excluding hydrogens is 262 g/mol. The van der Waals surface area contributed by atoms with Crippen molar-refractivity contribution >= 4 is 0 Å². The Bertz CT molecular complexity index is 458. The van der Waals surface area contributed by atoms with Gasteiger partial charge in [0, 0.05) is 36.9 Å². The van der Waals surface area contributed by atoms with Crippen molar-refractivity contribution in [3.8, 4) is 0 Å². The summed E-state index contributed by atoms with van der Waals surface area (Å²) in [6.07, 6.45) is 4.41. The van der Waals surface area contributed by atoms with E-state index in [0.29, 0.717) is 25.3 Å². The van der Waals surface area contributed by atoms with Gasteiger partial charge in [0.25, 0.3) is 0 Å². The van der Waals surface area contributed by atoms with Crippen molar-refractivity contribution in [1.82, 2.24) is 10.5 Å². The summed E-state index contributed by atoms with van der Waals surface area (Å²) < 4.78 is 31.7. The van der Waals surface area contributed by atoms with E-state index in [1.165, 1.54) is 18.4 Å². The lowest BCUT2D eigenvalue weighted by Gasteiger charge is -2.28. The lowest BCUT2D eigenvalue weighted by Crippen LogP contribution is -2.36. The highest BCUT2D eigenvalue weighted by atomic mass is 19.3. The minimum atomic E-state index is -2.46. The van der Waals surface area contributed by atoms with Crippen LogP contribution in [0, 0.1) is 0 Å². The van der Waals surface area contributed by atoms with Crippen LogP contribution in [0.1, 0.15) is 68.4 Å². The number of nitrogens with zero attached hydrogens (tertiary/aromatic N) is 1. The largest absolute Gasteiger partial charge is 0.361 e. The van der Waals surface area contributed by atoms with Gasteiger partial charge in [-0.25, -0.2) is 8.78 Å². The molecule has 1 heterocycles. The first-order chi connectivity index (χ1) is 9.59. The Morgan fingerprint density at radius 2 is 1.95 bits per heavy atom. The third kappa shape index (κ3) is 3.03. The van der Waals surface area contributed by atoms with Gasteiger partial charge in [0.15, 0.2) is 0 Å². The normalized spacial score (nSPS) is 23.1. The molecule has 0 bridgehead atoms. The van der Waals surface area contributed by atoms with Crippen LogP contribution in [-0.2, 0) is 13.0 Å². The zero-order valence-corrected chi connectivity index (χ0v) is 11.9. The van der Waals surface area contributed by atoms with Crippen molar-refractivity contribution in [1.29, 1.82) is 0 Å². The molecule has 2 saturated carbocycles. The first-order valence-electron chi connectivity index (χ1n) is 7.67. The summed E-state index contributed by atoms with van der Waals surface area (Å²) in [5.74, 6) is -0.834. The van der Waals surface area contributed by atoms with Crippen LogP contribution in [0.4, 0.5) is 8.78 Å². The Hall–Kier alpha value is -0.970. The van der Waals surface area contributed by atoms with Crippen molar-refractivity contribution in [3.05, 3.63) is 17.0 Å². The predicted octanol–water partition coefficient (Wildman–Crippen LogP) is 3.78. The molecule has 0 radical (unpaired) electrons. The minimum absolute atomic E-state index is 0.00254. The summed E-state index contributed by atoms with van der Waals surface area (Å²) >= 11 is 0. The van der Waals surface area contributed by atoms with Gasteiger partial charge in [-0.1, -0.05) is 12.1 Å². The van der Waals surface area contributed by atoms with E-state index in [1.807, 2.05) is 0 Å². The number of hydrogen-bond donors (Lipinski definition) is 1. The monoisotopic (exact) mass is 284 g/mol. The molecule has 0 aliphatic heterocycles.